The molecule has 1 aliphatic rings. The van der Waals surface area contributed by atoms with Gasteiger partial charge in [0.25, 0.3) is 0 Å². The third-order valence-corrected chi connectivity index (χ3v) is 4.10. The van der Waals surface area contributed by atoms with E-state index in [0.29, 0.717) is 16.8 Å². The number of carbonyl (C=O) groups excluding carboxylic acids is 1. The molecule has 0 aliphatic carbocycles. The van der Waals surface area contributed by atoms with Crippen LogP contribution in [0.25, 0.3) is 16.8 Å². The molecule has 11 heteroatoms. The minimum absolute atomic E-state index is 0.374. The van der Waals surface area contributed by atoms with E-state index in [2.05, 4.69) is 15.0 Å². The van der Waals surface area contributed by atoms with E-state index >= 15 is 0 Å². The third kappa shape index (κ3) is 1.99. The maximum atomic E-state index is 11.1. The molecule has 3 aromatic heterocycles. The fraction of sp³-hybridized carbons (Fsp3) is 0.385. The summed E-state index contributed by atoms with van der Waals surface area (Å²) >= 11 is 0. The van der Waals surface area contributed by atoms with Gasteiger partial charge in [-0.1, -0.05) is 0 Å². The Bertz CT molecular complexity index is 922. The van der Waals surface area contributed by atoms with Gasteiger partial charge in [0.05, 0.1) is 6.33 Å². The van der Waals surface area contributed by atoms with E-state index in [-0.39, 0.29) is 0 Å². The van der Waals surface area contributed by atoms with Crippen molar-refractivity contribution in [3.05, 3.63) is 25.0 Å². The average molecular weight is 334 g/mol. The molecule has 4 heterocycles. The molecule has 5 N–H and O–H groups in total. The van der Waals surface area contributed by atoms with E-state index in [9.17, 15) is 20.1 Å². The van der Waals surface area contributed by atoms with Crippen molar-refractivity contribution < 1.29 is 24.9 Å². The largest absolute Gasteiger partial charge is 0.387 e. The van der Waals surface area contributed by atoms with Gasteiger partial charge in [-0.3, -0.25) is 13.8 Å². The summed E-state index contributed by atoms with van der Waals surface area (Å²) in [5, 5.41) is 30.0. The molecule has 3 aromatic rings. The minimum atomic E-state index is -1.75. The van der Waals surface area contributed by atoms with Crippen LogP contribution in [0.2, 0.25) is 0 Å². The lowest BCUT2D eigenvalue weighted by Gasteiger charge is -2.18. The first-order chi connectivity index (χ1) is 11.5. The van der Waals surface area contributed by atoms with Crippen molar-refractivity contribution in [3.8, 4) is 0 Å². The second-order valence-electron chi connectivity index (χ2n) is 5.55. The molecule has 0 saturated carbocycles. The van der Waals surface area contributed by atoms with Crippen molar-refractivity contribution in [1.82, 2.24) is 23.9 Å². The number of amides is 1. The van der Waals surface area contributed by atoms with Gasteiger partial charge in [-0.2, -0.15) is 0 Å². The van der Waals surface area contributed by atoms with Crippen LogP contribution in [-0.4, -0.2) is 69.6 Å². The molecule has 5 atom stereocenters. The Hall–Kier alpha value is -2.60. The van der Waals surface area contributed by atoms with Gasteiger partial charge < -0.3 is 25.8 Å². The molecule has 1 aliphatic heterocycles. The molecular formula is C13H14N6O5. The Balaban J connectivity index is 1.76. The van der Waals surface area contributed by atoms with Crippen LogP contribution in [0, 0.1) is 0 Å². The van der Waals surface area contributed by atoms with Crippen LogP contribution < -0.4 is 5.73 Å². The average Bonchev–Trinajstić information content (AvgIpc) is 3.25. The van der Waals surface area contributed by atoms with Gasteiger partial charge in [0.1, 0.15) is 24.6 Å². The number of ether oxygens (including phenoxy) is 1. The lowest BCUT2D eigenvalue weighted by molar-refractivity contribution is -0.140. The highest BCUT2D eigenvalue weighted by Gasteiger charge is 2.48. The van der Waals surface area contributed by atoms with Gasteiger partial charge in [-0.25, -0.2) is 15.0 Å². The molecule has 11 nitrogen and oxygen atoms in total. The Morgan fingerprint density at radius 1 is 1.21 bits per heavy atom. The van der Waals surface area contributed by atoms with Gasteiger partial charge in [-0.15, -0.1) is 0 Å². The molecule has 1 saturated heterocycles. The van der Waals surface area contributed by atoms with Gasteiger partial charge in [0.2, 0.25) is 5.91 Å². The van der Waals surface area contributed by atoms with Crippen molar-refractivity contribution in [2.45, 2.75) is 30.6 Å². The van der Waals surface area contributed by atoms with Crippen LogP contribution in [0.5, 0.6) is 0 Å². The number of nitrogens with two attached hydrogens (primary N) is 1. The van der Waals surface area contributed by atoms with E-state index in [1.807, 2.05) is 0 Å². The standard InChI is InChI=1S/C13H14N6O5/c14-10(23)8(22)9-6(20)7(21)13(24-9)19-4-16-5-11-15-1-2-18(11)3-17-12(5)19/h1-4,6-9,13,20-22H,(H2,14,23)/t6-,7+,8?,9-,13+/m0/s1. The zero-order chi connectivity index (χ0) is 17.0. The molecule has 126 valence electrons. The molecule has 1 unspecified atom stereocenters. The molecule has 0 spiro atoms. The first-order valence-corrected chi connectivity index (χ1v) is 7.12. The van der Waals surface area contributed by atoms with Crippen molar-refractivity contribution in [2.24, 2.45) is 5.73 Å². The van der Waals surface area contributed by atoms with Crippen molar-refractivity contribution in [3.63, 3.8) is 0 Å². The number of rotatable bonds is 3. The van der Waals surface area contributed by atoms with Crippen molar-refractivity contribution in [1.29, 1.82) is 0 Å². The maximum Gasteiger partial charge on any atom is 0.249 e. The maximum absolute atomic E-state index is 11.1. The summed E-state index contributed by atoms with van der Waals surface area (Å²) in [6, 6.07) is 0. The lowest BCUT2D eigenvalue weighted by atomic mass is 10.1. The Kier molecular flexibility index (Phi) is 3.25. The quantitative estimate of drug-likeness (QED) is 0.410. The first kappa shape index (κ1) is 15.0. The molecule has 1 amide bonds. The number of imidazole rings is 2. The summed E-state index contributed by atoms with van der Waals surface area (Å²) in [5.41, 5.74) is 6.45. The highest BCUT2D eigenvalue weighted by Crippen LogP contribution is 2.33. The summed E-state index contributed by atoms with van der Waals surface area (Å²) in [5.74, 6) is -1.06. The summed E-state index contributed by atoms with van der Waals surface area (Å²) in [4.78, 5) is 23.8. The zero-order valence-corrected chi connectivity index (χ0v) is 12.2. The lowest BCUT2D eigenvalue weighted by Crippen LogP contribution is -2.45. The number of aromatic nitrogens is 5. The number of nitrogens with zero attached hydrogens (tertiary/aromatic N) is 5. The van der Waals surface area contributed by atoms with Crippen LogP contribution in [-0.2, 0) is 9.53 Å². The topological polar surface area (TPSA) is 161 Å². The molecule has 4 rings (SSSR count). The molecule has 24 heavy (non-hydrogen) atoms. The monoisotopic (exact) mass is 334 g/mol. The Labute approximate surface area is 133 Å². The normalized spacial score (nSPS) is 28.6. The van der Waals surface area contributed by atoms with Crippen molar-refractivity contribution in [2.75, 3.05) is 0 Å². The number of aliphatic hydroxyl groups is 3. The molecule has 1 fully saturated rings. The number of hydrogen-bond donors (Lipinski definition) is 4. The summed E-state index contributed by atoms with van der Waals surface area (Å²) < 4.78 is 8.55. The second-order valence-corrected chi connectivity index (χ2v) is 5.55. The number of hydrogen-bond acceptors (Lipinski definition) is 8. The number of aliphatic hydroxyl groups excluding tert-OH is 3. The molecule has 0 bridgehead atoms. The van der Waals surface area contributed by atoms with Crippen LogP contribution >= 0.6 is 0 Å². The van der Waals surface area contributed by atoms with Gasteiger partial charge in [0, 0.05) is 12.4 Å². The zero-order valence-electron chi connectivity index (χ0n) is 12.2. The summed E-state index contributed by atoms with van der Waals surface area (Å²) in [6.07, 6.45) is -0.874. The van der Waals surface area contributed by atoms with Gasteiger partial charge in [-0.05, 0) is 0 Å². The first-order valence-electron chi connectivity index (χ1n) is 7.12. The molecule has 0 radical (unpaired) electrons. The minimum Gasteiger partial charge on any atom is -0.387 e. The SMILES string of the molecule is NC(=O)C(O)[C@H]1O[C@@H](n2cnc3c2ncn2ccnc32)[C@H](O)[C@@H]1O. The highest BCUT2D eigenvalue weighted by molar-refractivity contribution is 5.85. The fourth-order valence-corrected chi connectivity index (χ4v) is 2.87. The molecular weight excluding hydrogens is 320 g/mol. The van der Waals surface area contributed by atoms with Gasteiger partial charge in [0.15, 0.2) is 29.1 Å². The Morgan fingerprint density at radius 3 is 2.75 bits per heavy atom. The van der Waals surface area contributed by atoms with E-state index in [1.165, 1.54) is 17.2 Å². The van der Waals surface area contributed by atoms with Crippen LogP contribution in [0.15, 0.2) is 25.0 Å². The predicted octanol–water partition coefficient (Wildman–Crippen LogP) is -2.46. The predicted molar refractivity (Wildman–Crippen MR) is 77.4 cm³/mol. The van der Waals surface area contributed by atoms with E-state index < -0.39 is 36.6 Å². The number of fused-ring (bicyclic) bond motifs is 3. The summed E-state index contributed by atoms with van der Waals surface area (Å²) in [7, 11) is 0. The van der Waals surface area contributed by atoms with E-state index in [1.54, 1.807) is 16.8 Å². The Morgan fingerprint density at radius 2 is 2.00 bits per heavy atom. The van der Waals surface area contributed by atoms with Crippen LogP contribution in [0.4, 0.5) is 0 Å². The number of primary amides is 1. The van der Waals surface area contributed by atoms with Crippen molar-refractivity contribution >= 4 is 22.7 Å². The summed E-state index contributed by atoms with van der Waals surface area (Å²) in [6.45, 7) is 0. The number of carbonyl (C=O) groups is 1. The van der Waals surface area contributed by atoms with E-state index in [0.717, 1.165) is 0 Å². The highest BCUT2D eigenvalue weighted by atomic mass is 16.6. The second kappa shape index (κ2) is 5.21. The van der Waals surface area contributed by atoms with Crippen LogP contribution in [0.3, 0.4) is 0 Å². The molecule has 0 aromatic carbocycles. The van der Waals surface area contributed by atoms with Gasteiger partial charge >= 0.3 is 0 Å². The van der Waals surface area contributed by atoms with E-state index in [4.69, 9.17) is 10.5 Å². The smallest absolute Gasteiger partial charge is 0.249 e. The third-order valence-electron chi connectivity index (χ3n) is 4.10. The van der Waals surface area contributed by atoms with Crippen LogP contribution in [0.1, 0.15) is 6.23 Å². The fourth-order valence-electron chi connectivity index (χ4n) is 2.87.